The van der Waals surface area contributed by atoms with Gasteiger partial charge in [0.05, 0.1) is 14.2 Å². The molecule has 2 N–H and O–H groups in total. The van der Waals surface area contributed by atoms with E-state index in [1.807, 2.05) is 0 Å². The first-order chi connectivity index (χ1) is 9.22. The lowest BCUT2D eigenvalue weighted by Crippen LogP contribution is -2.45. The first-order valence-corrected chi connectivity index (χ1v) is 6.97. The van der Waals surface area contributed by atoms with E-state index in [-0.39, 0.29) is 24.8 Å². The number of nitrogens with two attached hydrogens (primary N) is 1. The lowest BCUT2D eigenvalue weighted by atomic mass is 9.85. The fourth-order valence-electron chi connectivity index (χ4n) is 3.36. The van der Waals surface area contributed by atoms with Crippen molar-refractivity contribution < 1.29 is 9.47 Å². The monoisotopic (exact) mass is 334 g/mol. The van der Waals surface area contributed by atoms with Crippen molar-refractivity contribution in [3.63, 3.8) is 0 Å². The lowest BCUT2D eigenvalue weighted by molar-refractivity contribution is 0.126. The number of nitrogens with zero attached hydrogens (tertiary/aromatic N) is 1. The number of piperidine rings is 1. The zero-order chi connectivity index (χ0) is 13.4. The third kappa shape index (κ3) is 3.39. The Kier molecular flexibility index (Phi) is 6.60. The Morgan fingerprint density at radius 3 is 2.43 bits per heavy atom. The zero-order valence-electron chi connectivity index (χ0n) is 12.5. The van der Waals surface area contributed by atoms with E-state index in [1.54, 1.807) is 14.2 Å². The second kappa shape index (κ2) is 7.54. The Morgan fingerprint density at radius 1 is 1.10 bits per heavy atom. The van der Waals surface area contributed by atoms with E-state index in [9.17, 15) is 0 Å². The molecule has 21 heavy (non-hydrogen) atoms. The molecule has 6 heteroatoms. The van der Waals surface area contributed by atoms with Crippen LogP contribution in [-0.2, 0) is 6.42 Å². The van der Waals surface area contributed by atoms with Gasteiger partial charge in [-0.3, -0.25) is 4.90 Å². The van der Waals surface area contributed by atoms with Crippen LogP contribution in [0.25, 0.3) is 0 Å². The van der Waals surface area contributed by atoms with Crippen LogP contribution in [0.2, 0.25) is 0 Å². The van der Waals surface area contributed by atoms with Crippen LogP contribution in [0.4, 0.5) is 0 Å². The van der Waals surface area contributed by atoms with Crippen LogP contribution < -0.4 is 15.2 Å². The largest absolute Gasteiger partial charge is 0.493 e. The van der Waals surface area contributed by atoms with Crippen LogP contribution in [-0.4, -0.2) is 38.3 Å². The fourth-order valence-corrected chi connectivity index (χ4v) is 3.36. The van der Waals surface area contributed by atoms with Crippen molar-refractivity contribution in [3.8, 4) is 11.5 Å². The topological polar surface area (TPSA) is 47.7 Å². The molecule has 3 rings (SSSR count). The summed E-state index contributed by atoms with van der Waals surface area (Å²) in [5, 5.41) is 0. The van der Waals surface area contributed by atoms with Gasteiger partial charge < -0.3 is 15.2 Å². The van der Waals surface area contributed by atoms with Crippen LogP contribution >= 0.6 is 24.8 Å². The second-order valence-corrected chi connectivity index (χ2v) is 5.49. The lowest BCUT2D eigenvalue weighted by Gasteiger charge is -2.42. The van der Waals surface area contributed by atoms with Crippen molar-refractivity contribution >= 4 is 24.8 Å². The number of rotatable bonds is 2. The van der Waals surface area contributed by atoms with Crippen molar-refractivity contribution in [2.45, 2.75) is 31.3 Å². The summed E-state index contributed by atoms with van der Waals surface area (Å²) < 4.78 is 10.8. The van der Waals surface area contributed by atoms with Gasteiger partial charge in [-0.05, 0) is 42.5 Å². The molecule has 0 aromatic heterocycles. The minimum Gasteiger partial charge on any atom is -0.493 e. The van der Waals surface area contributed by atoms with Crippen LogP contribution in [0.5, 0.6) is 11.5 Å². The second-order valence-electron chi connectivity index (χ2n) is 5.49. The number of fused-ring (bicyclic) bond motifs is 3. The molecule has 2 aliphatic rings. The number of benzene rings is 1. The molecular weight excluding hydrogens is 311 g/mol. The van der Waals surface area contributed by atoms with Gasteiger partial charge in [0, 0.05) is 25.2 Å². The molecule has 0 amide bonds. The highest BCUT2D eigenvalue weighted by molar-refractivity contribution is 5.85. The summed E-state index contributed by atoms with van der Waals surface area (Å²) in [5.41, 5.74) is 8.90. The fraction of sp³-hybridized carbons (Fsp3) is 0.600. The molecule has 4 nitrogen and oxygen atoms in total. The predicted octanol–water partition coefficient (Wildman–Crippen LogP) is 2.57. The van der Waals surface area contributed by atoms with E-state index in [1.165, 1.54) is 11.1 Å². The number of ether oxygens (including phenoxy) is 2. The van der Waals surface area contributed by atoms with Crippen molar-refractivity contribution in [1.29, 1.82) is 0 Å². The molecule has 2 aliphatic heterocycles. The molecule has 1 aromatic rings. The molecule has 0 saturated carbocycles. The van der Waals surface area contributed by atoms with Crippen molar-refractivity contribution in [2.75, 3.05) is 27.3 Å². The Hall–Kier alpha value is -0.680. The third-order valence-electron chi connectivity index (χ3n) is 4.43. The standard InChI is InChI=1S/C15H22N2O2.2ClH/c1-18-14-7-10-3-5-17-6-4-11(16)8-13(17)12(10)9-15(14)19-2;;/h7,9,11,13H,3-6,8,16H2,1-2H3;2*1H/t11-,13?;;/m1../s1. The van der Waals surface area contributed by atoms with E-state index in [2.05, 4.69) is 17.0 Å². The molecule has 0 radical (unpaired) electrons. The summed E-state index contributed by atoms with van der Waals surface area (Å²) in [6, 6.07) is 5.04. The van der Waals surface area contributed by atoms with Crippen LogP contribution in [0.1, 0.15) is 30.0 Å². The summed E-state index contributed by atoms with van der Waals surface area (Å²) in [4.78, 5) is 2.55. The normalized spacial score (nSPS) is 24.0. The molecule has 0 bridgehead atoms. The first-order valence-electron chi connectivity index (χ1n) is 6.97. The van der Waals surface area contributed by atoms with Gasteiger partial charge in [0.2, 0.25) is 0 Å². The summed E-state index contributed by atoms with van der Waals surface area (Å²) >= 11 is 0. The average molecular weight is 335 g/mol. The van der Waals surface area contributed by atoms with E-state index in [4.69, 9.17) is 15.2 Å². The number of hydrogen-bond donors (Lipinski definition) is 1. The van der Waals surface area contributed by atoms with Crippen molar-refractivity contribution in [1.82, 2.24) is 4.90 Å². The van der Waals surface area contributed by atoms with Gasteiger partial charge in [-0.2, -0.15) is 0 Å². The van der Waals surface area contributed by atoms with E-state index >= 15 is 0 Å². The molecule has 2 heterocycles. The molecule has 1 aromatic carbocycles. The molecule has 0 spiro atoms. The SMILES string of the molecule is COc1cc2c(cc1OC)C1C[C@H](N)CCN1CC2.Cl.Cl. The molecule has 1 unspecified atom stereocenters. The van der Waals surface area contributed by atoms with Gasteiger partial charge in [0.1, 0.15) is 0 Å². The van der Waals surface area contributed by atoms with Crippen LogP contribution in [0, 0.1) is 0 Å². The highest BCUT2D eigenvalue weighted by atomic mass is 35.5. The minimum atomic E-state index is 0. The number of hydrogen-bond acceptors (Lipinski definition) is 4. The summed E-state index contributed by atoms with van der Waals surface area (Å²) in [7, 11) is 3.38. The average Bonchev–Trinajstić information content (AvgIpc) is 2.45. The molecule has 120 valence electrons. The van der Waals surface area contributed by atoms with Gasteiger partial charge >= 0.3 is 0 Å². The molecule has 1 saturated heterocycles. The summed E-state index contributed by atoms with van der Waals surface area (Å²) in [6.45, 7) is 2.24. The Bertz CT molecular complexity index is 485. The molecule has 1 fully saturated rings. The van der Waals surface area contributed by atoms with Crippen LogP contribution in [0.15, 0.2) is 12.1 Å². The quantitative estimate of drug-likeness (QED) is 0.902. The van der Waals surface area contributed by atoms with Gasteiger partial charge in [0.15, 0.2) is 11.5 Å². The maximum atomic E-state index is 6.14. The Balaban J connectivity index is 0.00000110. The summed E-state index contributed by atoms with van der Waals surface area (Å²) in [5.74, 6) is 1.65. The van der Waals surface area contributed by atoms with Gasteiger partial charge in [0.25, 0.3) is 0 Å². The molecule has 2 atom stereocenters. The first kappa shape index (κ1) is 18.4. The van der Waals surface area contributed by atoms with Gasteiger partial charge in [-0.1, -0.05) is 0 Å². The molecule has 0 aliphatic carbocycles. The van der Waals surface area contributed by atoms with E-state index in [0.29, 0.717) is 12.1 Å². The van der Waals surface area contributed by atoms with Gasteiger partial charge in [-0.15, -0.1) is 24.8 Å². The third-order valence-corrected chi connectivity index (χ3v) is 4.43. The number of methoxy groups -OCH3 is 2. The summed E-state index contributed by atoms with van der Waals surface area (Å²) in [6.07, 6.45) is 3.24. The van der Waals surface area contributed by atoms with Crippen molar-refractivity contribution in [2.24, 2.45) is 5.73 Å². The highest BCUT2D eigenvalue weighted by Gasteiger charge is 2.33. The Labute approximate surface area is 138 Å². The highest BCUT2D eigenvalue weighted by Crippen LogP contribution is 2.41. The number of halogens is 2. The smallest absolute Gasteiger partial charge is 0.161 e. The Morgan fingerprint density at radius 2 is 1.76 bits per heavy atom. The minimum absolute atomic E-state index is 0. The molecular formula is C15H24Cl2N2O2. The van der Waals surface area contributed by atoms with Crippen molar-refractivity contribution in [3.05, 3.63) is 23.3 Å². The van der Waals surface area contributed by atoms with Gasteiger partial charge in [-0.25, -0.2) is 0 Å². The van der Waals surface area contributed by atoms with Crippen LogP contribution in [0.3, 0.4) is 0 Å². The zero-order valence-corrected chi connectivity index (χ0v) is 14.1. The predicted molar refractivity (Wildman–Crippen MR) is 89.3 cm³/mol. The van der Waals surface area contributed by atoms with E-state index < -0.39 is 0 Å². The van der Waals surface area contributed by atoms with E-state index in [0.717, 1.165) is 43.9 Å². The maximum Gasteiger partial charge on any atom is 0.161 e. The maximum absolute atomic E-state index is 6.14.